The second-order valence-electron chi connectivity index (χ2n) is 6.90. The van der Waals surface area contributed by atoms with Gasteiger partial charge in [-0.15, -0.1) is 0 Å². The highest BCUT2D eigenvalue weighted by Gasteiger charge is 2.19. The Morgan fingerprint density at radius 1 is 1.14 bits per heavy atom. The number of carboxylic acid groups (broad SMARTS) is 1. The van der Waals surface area contributed by atoms with Crippen molar-refractivity contribution in [2.24, 2.45) is 5.10 Å². The Labute approximate surface area is 168 Å². The van der Waals surface area contributed by atoms with Gasteiger partial charge in [0.1, 0.15) is 12.3 Å². The van der Waals surface area contributed by atoms with Crippen molar-refractivity contribution in [3.05, 3.63) is 47.7 Å². The summed E-state index contributed by atoms with van der Waals surface area (Å²) in [5, 5.41) is 13.0. The Morgan fingerprint density at radius 3 is 2.59 bits per heavy atom. The highest BCUT2D eigenvalue weighted by molar-refractivity contribution is 5.99. The van der Waals surface area contributed by atoms with E-state index < -0.39 is 5.97 Å². The van der Waals surface area contributed by atoms with E-state index >= 15 is 0 Å². The molecule has 2 N–H and O–H groups in total. The van der Waals surface area contributed by atoms with Crippen LogP contribution in [0.4, 0.5) is 0 Å². The molecule has 0 unspecified atom stereocenters. The number of carbonyl (C=O) groups is 3. The molecular formula is C21H23N3O5. The number of hydrogen-bond acceptors (Lipinski definition) is 5. The molecule has 1 saturated heterocycles. The fourth-order valence-electron chi connectivity index (χ4n) is 3.11. The van der Waals surface area contributed by atoms with Gasteiger partial charge in [0.25, 0.3) is 5.91 Å². The van der Waals surface area contributed by atoms with Crippen molar-refractivity contribution in [3.8, 4) is 11.3 Å². The molecule has 0 atom stereocenters. The van der Waals surface area contributed by atoms with Crippen LogP contribution in [0.3, 0.4) is 0 Å². The molecule has 2 heterocycles. The first-order valence-corrected chi connectivity index (χ1v) is 9.49. The van der Waals surface area contributed by atoms with Crippen LogP contribution in [0.1, 0.15) is 48.7 Å². The van der Waals surface area contributed by atoms with Crippen molar-refractivity contribution in [2.75, 3.05) is 13.1 Å². The van der Waals surface area contributed by atoms with Crippen molar-refractivity contribution in [3.63, 3.8) is 0 Å². The summed E-state index contributed by atoms with van der Waals surface area (Å²) in [7, 11) is 0. The van der Waals surface area contributed by atoms with Crippen LogP contribution in [0.25, 0.3) is 11.3 Å². The zero-order chi connectivity index (χ0) is 20.8. The van der Waals surface area contributed by atoms with Crippen LogP contribution in [0.5, 0.6) is 0 Å². The van der Waals surface area contributed by atoms with Gasteiger partial charge in [-0.05, 0) is 37.5 Å². The first-order valence-electron chi connectivity index (χ1n) is 9.49. The highest BCUT2D eigenvalue weighted by atomic mass is 16.4. The Kier molecular flexibility index (Phi) is 6.43. The molecular weight excluding hydrogens is 374 g/mol. The highest BCUT2D eigenvalue weighted by Crippen LogP contribution is 2.22. The number of likely N-dealkylation sites (tertiary alicyclic amines) is 1. The number of nitrogens with zero attached hydrogens (tertiary/aromatic N) is 2. The lowest BCUT2D eigenvalue weighted by molar-refractivity contribution is -0.135. The Bertz CT molecular complexity index is 930. The normalized spacial score (nSPS) is 15.1. The van der Waals surface area contributed by atoms with Crippen LogP contribution in [0.2, 0.25) is 0 Å². The van der Waals surface area contributed by atoms with Crippen molar-refractivity contribution < 1.29 is 23.9 Å². The summed E-state index contributed by atoms with van der Waals surface area (Å²) in [6.07, 6.45) is 3.29. The van der Waals surface area contributed by atoms with Gasteiger partial charge in [0.15, 0.2) is 0 Å². The Balaban J connectivity index is 1.59. The monoisotopic (exact) mass is 397 g/mol. The fraction of sp³-hybridized carbons (Fsp3) is 0.333. The predicted octanol–water partition coefficient (Wildman–Crippen LogP) is 2.89. The summed E-state index contributed by atoms with van der Waals surface area (Å²) in [5.41, 5.74) is 4.64. The van der Waals surface area contributed by atoms with Crippen molar-refractivity contribution in [1.29, 1.82) is 0 Å². The molecule has 3 rings (SSSR count). The second kappa shape index (κ2) is 9.18. The molecule has 1 aromatic heterocycles. The lowest BCUT2D eigenvalue weighted by Crippen LogP contribution is -2.39. The third-order valence-corrected chi connectivity index (χ3v) is 4.76. The second-order valence-corrected chi connectivity index (χ2v) is 6.90. The van der Waals surface area contributed by atoms with Gasteiger partial charge < -0.3 is 14.4 Å². The molecule has 1 aliphatic rings. The summed E-state index contributed by atoms with van der Waals surface area (Å²) in [6, 6.07) is 10.2. The molecule has 2 aromatic rings. The van der Waals surface area contributed by atoms with Gasteiger partial charge in [0.05, 0.1) is 5.71 Å². The smallest absolute Gasteiger partial charge is 0.371 e. The van der Waals surface area contributed by atoms with Crippen LogP contribution in [-0.2, 0) is 9.59 Å². The number of aromatic carboxylic acids is 1. The van der Waals surface area contributed by atoms with Gasteiger partial charge in [-0.1, -0.05) is 30.7 Å². The SMILES string of the molecule is C/C(=N/NC(=O)CN1CCCCCC1=O)c1ccc(-c2ccc(C(=O)O)o2)cc1. The first kappa shape index (κ1) is 20.3. The number of rotatable bonds is 6. The van der Waals surface area contributed by atoms with E-state index in [4.69, 9.17) is 9.52 Å². The number of benzene rings is 1. The average molecular weight is 397 g/mol. The summed E-state index contributed by atoms with van der Waals surface area (Å²) in [6.45, 7) is 2.38. The molecule has 29 heavy (non-hydrogen) atoms. The maximum absolute atomic E-state index is 12.1. The van der Waals surface area contributed by atoms with E-state index in [0.29, 0.717) is 24.4 Å². The molecule has 0 saturated carbocycles. The van der Waals surface area contributed by atoms with Crippen LogP contribution in [-0.4, -0.2) is 46.6 Å². The lowest BCUT2D eigenvalue weighted by atomic mass is 10.1. The van der Waals surface area contributed by atoms with E-state index in [2.05, 4.69) is 10.5 Å². The maximum atomic E-state index is 12.1. The van der Waals surface area contributed by atoms with E-state index in [1.165, 1.54) is 6.07 Å². The molecule has 1 aliphatic heterocycles. The number of hydrazone groups is 1. The quantitative estimate of drug-likeness (QED) is 0.575. The predicted molar refractivity (Wildman–Crippen MR) is 107 cm³/mol. The zero-order valence-corrected chi connectivity index (χ0v) is 16.2. The van der Waals surface area contributed by atoms with Gasteiger partial charge in [-0.2, -0.15) is 5.10 Å². The molecule has 0 spiro atoms. The number of nitrogens with one attached hydrogen (secondary N) is 1. The van der Waals surface area contributed by atoms with Crippen LogP contribution < -0.4 is 5.43 Å². The zero-order valence-electron chi connectivity index (χ0n) is 16.2. The average Bonchev–Trinajstić information content (AvgIpc) is 3.13. The fourth-order valence-corrected chi connectivity index (χ4v) is 3.11. The van der Waals surface area contributed by atoms with Gasteiger partial charge in [-0.3, -0.25) is 9.59 Å². The van der Waals surface area contributed by atoms with Gasteiger partial charge in [-0.25, -0.2) is 10.2 Å². The minimum atomic E-state index is -1.12. The van der Waals surface area contributed by atoms with Crippen LogP contribution >= 0.6 is 0 Å². The van der Waals surface area contributed by atoms with E-state index in [-0.39, 0.29) is 24.1 Å². The summed E-state index contributed by atoms with van der Waals surface area (Å²) >= 11 is 0. The van der Waals surface area contributed by atoms with E-state index in [1.807, 2.05) is 12.1 Å². The number of hydrogen-bond donors (Lipinski definition) is 2. The van der Waals surface area contributed by atoms with Crippen molar-refractivity contribution in [1.82, 2.24) is 10.3 Å². The Morgan fingerprint density at radius 2 is 1.90 bits per heavy atom. The summed E-state index contributed by atoms with van der Waals surface area (Å²) in [4.78, 5) is 36.6. The van der Waals surface area contributed by atoms with Crippen molar-refractivity contribution >= 4 is 23.5 Å². The third kappa shape index (κ3) is 5.31. The molecule has 1 aromatic carbocycles. The minimum Gasteiger partial charge on any atom is -0.475 e. The third-order valence-electron chi connectivity index (χ3n) is 4.76. The largest absolute Gasteiger partial charge is 0.475 e. The molecule has 2 amide bonds. The van der Waals surface area contributed by atoms with Crippen LogP contribution in [0, 0.1) is 0 Å². The molecule has 1 fully saturated rings. The standard InChI is InChI=1S/C21H23N3O5/c1-14(22-23-19(25)13-24-12-4-2-3-5-20(24)26)15-6-8-16(9-7-15)17-10-11-18(29-17)21(27)28/h6-11H,2-5,12-13H2,1H3,(H,23,25)(H,27,28)/b22-14-. The van der Waals surface area contributed by atoms with E-state index in [1.54, 1.807) is 30.0 Å². The molecule has 8 nitrogen and oxygen atoms in total. The lowest BCUT2D eigenvalue weighted by Gasteiger charge is -2.19. The topological polar surface area (TPSA) is 112 Å². The minimum absolute atomic E-state index is 0.0120. The molecule has 8 heteroatoms. The number of amides is 2. The maximum Gasteiger partial charge on any atom is 0.371 e. The molecule has 152 valence electrons. The van der Waals surface area contributed by atoms with Gasteiger partial charge in [0.2, 0.25) is 11.7 Å². The van der Waals surface area contributed by atoms with Crippen molar-refractivity contribution in [2.45, 2.75) is 32.6 Å². The van der Waals surface area contributed by atoms with Gasteiger partial charge >= 0.3 is 5.97 Å². The number of furan rings is 1. The van der Waals surface area contributed by atoms with Crippen LogP contribution in [0.15, 0.2) is 45.9 Å². The van der Waals surface area contributed by atoms with E-state index in [9.17, 15) is 14.4 Å². The molecule has 0 aliphatic carbocycles. The molecule has 0 bridgehead atoms. The molecule has 0 radical (unpaired) electrons. The summed E-state index contributed by atoms with van der Waals surface area (Å²) < 4.78 is 5.28. The first-order chi connectivity index (χ1) is 13.9. The number of carboxylic acids is 1. The van der Waals surface area contributed by atoms with E-state index in [0.717, 1.165) is 30.4 Å². The Hall–Kier alpha value is -3.42. The summed E-state index contributed by atoms with van der Waals surface area (Å²) in [5.74, 6) is -1.09. The number of carbonyl (C=O) groups excluding carboxylic acids is 2. The van der Waals surface area contributed by atoms with Gasteiger partial charge in [0, 0.05) is 18.5 Å².